The number of rotatable bonds is 4. The molecule has 1 saturated carbocycles. The maximum atomic E-state index is 12.4. The number of fused-ring (bicyclic) bond motifs is 1. The number of aliphatic hydroxyl groups excluding tert-OH is 1. The molecule has 1 aliphatic carbocycles. The number of para-hydroxylation sites is 1. The number of furan rings is 1. The molecule has 0 bridgehead atoms. The Morgan fingerprint density at radius 3 is 3.00 bits per heavy atom. The van der Waals surface area contributed by atoms with Crippen molar-refractivity contribution in [2.75, 3.05) is 13.7 Å². The summed E-state index contributed by atoms with van der Waals surface area (Å²) in [4.78, 5) is 12.4. The summed E-state index contributed by atoms with van der Waals surface area (Å²) in [5, 5.41) is 13.3. The third-order valence-corrected chi connectivity index (χ3v) is 4.41. The Hall–Kier alpha value is -2.01. The molecule has 1 fully saturated rings. The first-order valence-corrected chi connectivity index (χ1v) is 7.71. The van der Waals surface area contributed by atoms with Gasteiger partial charge in [0.15, 0.2) is 17.1 Å². The van der Waals surface area contributed by atoms with Gasteiger partial charge in [0.1, 0.15) is 0 Å². The summed E-state index contributed by atoms with van der Waals surface area (Å²) >= 11 is 0. The van der Waals surface area contributed by atoms with Crippen LogP contribution in [-0.2, 0) is 0 Å². The topological polar surface area (TPSA) is 71.7 Å². The van der Waals surface area contributed by atoms with E-state index in [1.807, 2.05) is 12.1 Å². The van der Waals surface area contributed by atoms with Crippen LogP contribution in [0.3, 0.4) is 0 Å². The molecule has 5 heteroatoms. The van der Waals surface area contributed by atoms with Crippen LogP contribution >= 0.6 is 0 Å². The van der Waals surface area contributed by atoms with Crippen LogP contribution in [-0.4, -0.2) is 30.8 Å². The molecule has 3 rings (SSSR count). The molecule has 0 aliphatic heterocycles. The van der Waals surface area contributed by atoms with Crippen LogP contribution in [0.2, 0.25) is 0 Å². The summed E-state index contributed by atoms with van der Waals surface area (Å²) in [5.74, 6) is 0.796. The molecule has 1 aromatic carbocycles. The van der Waals surface area contributed by atoms with Crippen LogP contribution in [0.25, 0.3) is 11.0 Å². The summed E-state index contributed by atoms with van der Waals surface area (Å²) in [6.07, 6.45) is 4.05. The highest BCUT2D eigenvalue weighted by molar-refractivity contribution is 5.97. The molecule has 2 unspecified atom stereocenters. The van der Waals surface area contributed by atoms with Crippen molar-refractivity contribution < 1.29 is 19.1 Å². The molecule has 0 radical (unpaired) electrons. The molecule has 1 aromatic heterocycles. The van der Waals surface area contributed by atoms with Crippen molar-refractivity contribution >= 4 is 16.9 Å². The van der Waals surface area contributed by atoms with E-state index in [2.05, 4.69) is 5.32 Å². The van der Waals surface area contributed by atoms with Crippen LogP contribution in [0.5, 0.6) is 5.75 Å². The first-order chi connectivity index (χ1) is 10.7. The van der Waals surface area contributed by atoms with Gasteiger partial charge in [-0.1, -0.05) is 25.0 Å². The molecule has 5 nitrogen and oxygen atoms in total. The minimum absolute atomic E-state index is 0.0151. The van der Waals surface area contributed by atoms with E-state index in [9.17, 15) is 9.90 Å². The van der Waals surface area contributed by atoms with E-state index in [1.54, 1.807) is 19.2 Å². The number of carbonyl (C=O) groups excluding carboxylic acids is 1. The van der Waals surface area contributed by atoms with Crippen molar-refractivity contribution in [3.8, 4) is 5.75 Å². The quantitative estimate of drug-likeness (QED) is 0.911. The predicted molar refractivity (Wildman–Crippen MR) is 83.1 cm³/mol. The summed E-state index contributed by atoms with van der Waals surface area (Å²) in [5.41, 5.74) is 0.581. The van der Waals surface area contributed by atoms with Gasteiger partial charge in [-0.3, -0.25) is 4.79 Å². The lowest BCUT2D eigenvalue weighted by Crippen LogP contribution is -2.43. The van der Waals surface area contributed by atoms with Crippen molar-refractivity contribution in [3.05, 3.63) is 30.0 Å². The summed E-state index contributed by atoms with van der Waals surface area (Å²) in [6.45, 7) is 0.110. The Balaban J connectivity index is 1.80. The average molecular weight is 303 g/mol. The Bertz CT molecular complexity index is 664. The third-order valence-electron chi connectivity index (χ3n) is 4.41. The zero-order valence-electron chi connectivity index (χ0n) is 12.7. The van der Waals surface area contributed by atoms with E-state index < -0.39 is 0 Å². The number of benzene rings is 1. The largest absolute Gasteiger partial charge is 0.493 e. The van der Waals surface area contributed by atoms with Gasteiger partial charge < -0.3 is 19.6 Å². The maximum Gasteiger partial charge on any atom is 0.287 e. The predicted octanol–water partition coefficient (Wildman–Crippen LogP) is 2.72. The Labute approximate surface area is 129 Å². The minimum Gasteiger partial charge on any atom is -0.493 e. The number of hydrogen-bond acceptors (Lipinski definition) is 4. The number of amides is 1. The van der Waals surface area contributed by atoms with Crippen LogP contribution in [0.15, 0.2) is 28.7 Å². The minimum atomic E-state index is -0.233. The molecule has 1 heterocycles. The lowest BCUT2D eigenvalue weighted by atomic mass is 9.85. The Morgan fingerprint density at radius 2 is 2.23 bits per heavy atom. The zero-order chi connectivity index (χ0) is 15.5. The van der Waals surface area contributed by atoms with Crippen LogP contribution in [0, 0.1) is 5.92 Å². The highest BCUT2D eigenvalue weighted by Gasteiger charge is 2.27. The lowest BCUT2D eigenvalue weighted by molar-refractivity contribution is 0.0847. The molecule has 118 valence electrons. The lowest BCUT2D eigenvalue weighted by Gasteiger charge is -2.30. The fraction of sp³-hybridized carbons (Fsp3) is 0.471. The third kappa shape index (κ3) is 2.81. The van der Waals surface area contributed by atoms with Gasteiger partial charge in [0.05, 0.1) is 7.11 Å². The van der Waals surface area contributed by atoms with Crippen molar-refractivity contribution in [1.82, 2.24) is 5.32 Å². The summed E-state index contributed by atoms with van der Waals surface area (Å²) in [7, 11) is 1.57. The average Bonchev–Trinajstić information content (AvgIpc) is 2.99. The normalized spacial score (nSPS) is 21.7. The molecule has 1 amide bonds. The van der Waals surface area contributed by atoms with Gasteiger partial charge in [-0.05, 0) is 25.0 Å². The molecule has 1 aliphatic rings. The fourth-order valence-electron chi connectivity index (χ4n) is 3.16. The van der Waals surface area contributed by atoms with Gasteiger partial charge in [0, 0.05) is 24.0 Å². The van der Waals surface area contributed by atoms with Crippen molar-refractivity contribution in [1.29, 1.82) is 0 Å². The highest BCUT2D eigenvalue weighted by Crippen LogP contribution is 2.29. The molecule has 0 spiro atoms. The van der Waals surface area contributed by atoms with Gasteiger partial charge in [-0.25, -0.2) is 0 Å². The van der Waals surface area contributed by atoms with Crippen LogP contribution in [0.4, 0.5) is 0 Å². The van der Waals surface area contributed by atoms with Gasteiger partial charge in [-0.15, -0.1) is 0 Å². The molecule has 2 N–H and O–H groups in total. The highest BCUT2D eigenvalue weighted by atomic mass is 16.5. The molecule has 2 aromatic rings. The molecule has 22 heavy (non-hydrogen) atoms. The number of nitrogens with one attached hydrogen (secondary N) is 1. The number of methoxy groups -OCH3 is 1. The second-order valence-electron chi connectivity index (χ2n) is 5.80. The monoisotopic (exact) mass is 303 g/mol. The van der Waals surface area contributed by atoms with Crippen molar-refractivity contribution in [2.24, 2.45) is 5.92 Å². The number of carbonyl (C=O) groups is 1. The van der Waals surface area contributed by atoms with Gasteiger partial charge in [0.25, 0.3) is 5.91 Å². The standard InChI is InChI=1S/C17H21NO4/c1-21-14-8-4-6-11-9-15(22-16(11)14)17(20)18-13-7-3-2-5-12(13)10-19/h4,6,8-9,12-13,19H,2-3,5,7,10H2,1H3,(H,18,20). The Kier molecular flexibility index (Phi) is 4.34. The van der Waals surface area contributed by atoms with E-state index in [1.165, 1.54) is 0 Å². The molecule has 0 saturated heterocycles. The van der Waals surface area contributed by atoms with E-state index in [-0.39, 0.29) is 30.2 Å². The molecule has 2 atom stereocenters. The SMILES string of the molecule is COc1cccc2cc(C(=O)NC3CCCCC3CO)oc12. The molecular formula is C17H21NO4. The van der Waals surface area contributed by atoms with Gasteiger partial charge in [-0.2, -0.15) is 0 Å². The Morgan fingerprint density at radius 1 is 1.41 bits per heavy atom. The van der Waals surface area contributed by atoms with E-state index >= 15 is 0 Å². The maximum absolute atomic E-state index is 12.4. The first-order valence-electron chi connectivity index (χ1n) is 7.71. The van der Waals surface area contributed by atoms with E-state index in [0.717, 1.165) is 31.1 Å². The van der Waals surface area contributed by atoms with Crippen LogP contribution in [0.1, 0.15) is 36.2 Å². The van der Waals surface area contributed by atoms with E-state index in [4.69, 9.17) is 9.15 Å². The van der Waals surface area contributed by atoms with Crippen molar-refractivity contribution in [3.63, 3.8) is 0 Å². The zero-order valence-corrected chi connectivity index (χ0v) is 12.7. The van der Waals surface area contributed by atoms with Crippen LogP contribution < -0.4 is 10.1 Å². The van der Waals surface area contributed by atoms with Gasteiger partial charge >= 0.3 is 0 Å². The van der Waals surface area contributed by atoms with Crippen molar-refractivity contribution in [2.45, 2.75) is 31.7 Å². The van der Waals surface area contributed by atoms with E-state index in [0.29, 0.717) is 11.3 Å². The summed E-state index contributed by atoms with van der Waals surface area (Å²) in [6, 6.07) is 7.29. The second kappa shape index (κ2) is 6.40. The van der Waals surface area contributed by atoms with Gasteiger partial charge in [0.2, 0.25) is 0 Å². The smallest absolute Gasteiger partial charge is 0.287 e. The fourth-order valence-corrected chi connectivity index (χ4v) is 3.16. The molecular weight excluding hydrogens is 282 g/mol. The summed E-state index contributed by atoms with van der Waals surface area (Å²) < 4.78 is 10.9. The first kappa shape index (κ1) is 14.9. The number of ether oxygens (including phenoxy) is 1. The second-order valence-corrected chi connectivity index (χ2v) is 5.80. The number of hydrogen-bond donors (Lipinski definition) is 2. The number of aliphatic hydroxyl groups is 1.